The molecule has 3 rings (SSSR count). The molecular weight excluding hydrogens is 404 g/mol. The maximum absolute atomic E-state index is 12.8. The van der Waals surface area contributed by atoms with Crippen LogP contribution in [0.2, 0.25) is 0 Å². The third-order valence-electron chi connectivity index (χ3n) is 4.39. The molecule has 3 aromatic rings. The highest BCUT2D eigenvalue weighted by molar-refractivity contribution is 7.16. The van der Waals surface area contributed by atoms with Gasteiger partial charge in [-0.05, 0) is 58.9 Å². The van der Waals surface area contributed by atoms with E-state index in [0.717, 1.165) is 21.7 Å². The van der Waals surface area contributed by atoms with Gasteiger partial charge in [-0.1, -0.05) is 11.3 Å². The lowest BCUT2D eigenvalue weighted by atomic mass is 10.3. The summed E-state index contributed by atoms with van der Waals surface area (Å²) in [5, 5.41) is 4.37. The Bertz CT molecular complexity index is 1140. The van der Waals surface area contributed by atoms with Crippen molar-refractivity contribution < 1.29 is 19.1 Å². The Balaban J connectivity index is 2.08. The Labute approximate surface area is 178 Å². The SMILES string of the molecule is CCOC(=O)Cn1c(=NC(=O)c2cc(C)n(C(C)C)n2)sc2cc(OCC)ccc21. The van der Waals surface area contributed by atoms with Crippen molar-refractivity contribution in [2.24, 2.45) is 4.99 Å². The quantitative estimate of drug-likeness (QED) is 0.536. The third-order valence-corrected chi connectivity index (χ3v) is 5.43. The van der Waals surface area contributed by atoms with Gasteiger partial charge in [0.05, 0.1) is 23.4 Å². The summed E-state index contributed by atoms with van der Waals surface area (Å²) in [5.41, 5.74) is 1.95. The van der Waals surface area contributed by atoms with Gasteiger partial charge in [0.25, 0.3) is 5.91 Å². The van der Waals surface area contributed by atoms with Gasteiger partial charge in [0.15, 0.2) is 10.5 Å². The zero-order valence-electron chi connectivity index (χ0n) is 17.8. The van der Waals surface area contributed by atoms with Crippen LogP contribution in [0, 0.1) is 6.92 Å². The van der Waals surface area contributed by atoms with E-state index in [1.165, 1.54) is 11.3 Å². The topological polar surface area (TPSA) is 87.7 Å². The monoisotopic (exact) mass is 430 g/mol. The summed E-state index contributed by atoms with van der Waals surface area (Å²) < 4.78 is 15.0. The molecule has 0 N–H and O–H groups in total. The number of thiazole rings is 1. The second kappa shape index (κ2) is 9.25. The summed E-state index contributed by atoms with van der Waals surface area (Å²) in [5.74, 6) is -0.120. The molecule has 0 spiro atoms. The van der Waals surface area contributed by atoms with E-state index in [1.807, 2.05) is 45.9 Å². The Morgan fingerprint density at radius 2 is 1.97 bits per heavy atom. The average Bonchev–Trinajstić information content (AvgIpc) is 3.23. The van der Waals surface area contributed by atoms with Gasteiger partial charge in [-0.2, -0.15) is 10.1 Å². The number of carbonyl (C=O) groups excluding carboxylic acids is 2. The second-order valence-electron chi connectivity index (χ2n) is 6.96. The van der Waals surface area contributed by atoms with E-state index < -0.39 is 5.91 Å². The highest BCUT2D eigenvalue weighted by Crippen LogP contribution is 2.23. The normalized spacial score (nSPS) is 12.0. The Morgan fingerprint density at radius 3 is 2.60 bits per heavy atom. The molecule has 160 valence electrons. The third kappa shape index (κ3) is 4.62. The van der Waals surface area contributed by atoms with Crippen molar-refractivity contribution in [3.05, 3.63) is 40.5 Å². The van der Waals surface area contributed by atoms with E-state index >= 15 is 0 Å². The number of rotatable bonds is 7. The van der Waals surface area contributed by atoms with Crippen molar-refractivity contribution in [3.8, 4) is 5.75 Å². The van der Waals surface area contributed by atoms with Gasteiger partial charge in [0, 0.05) is 11.7 Å². The predicted molar refractivity (Wildman–Crippen MR) is 115 cm³/mol. The van der Waals surface area contributed by atoms with Gasteiger partial charge in [-0.3, -0.25) is 14.3 Å². The van der Waals surface area contributed by atoms with Crippen LogP contribution >= 0.6 is 11.3 Å². The molecule has 0 fully saturated rings. The highest BCUT2D eigenvalue weighted by Gasteiger charge is 2.16. The minimum Gasteiger partial charge on any atom is -0.494 e. The van der Waals surface area contributed by atoms with Gasteiger partial charge in [0.2, 0.25) is 0 Å². The van der Waals surface area contributed by atoms with Gasteiger partial charge < -0.3 is 14.0 Å². The molecule has 1 amide bonds. The molecule has 0 aliphatic carbocycles. The molecular formula is C21H26N4O4S. The molecule has 1 aromatic carbocycles. The lowest BCUT2D eigenvalue weighted by Crippen LogP contribution is -2.23. The molecule has 0 radical (unpaired) electrons. The van der Waals surface area contributed by atoms with Crippen molar-refractivity contribution in [2.75, 3.05) is 13.2 Å². The molecule has 30 heavy (non-hydrogen) atoms. The molecule has 0 saturated carbocycles. The van der Waals surface area contributed by atoms with Gasteiger partial charge in [-0.25, -0.2) is 0 Å². The van der Waals surface area contributed by atoms with Crippen LogP contribution in [0.5, 0.6) is 5.75 Å². The molecule has 9 heteroatoms. The average molecular weight is 431 g/mol. The fourth-order valence-electron chi connectivity index (χ4n) is 3.14. The van der Waals surface area contributed by atoms with E-state index in [0.29, 0.717) is 11.4 Å². The first-order chi connectivity index (χ1) is 14.3. The smallest absolute Gasteiger partial charge is 0.326 e. The molecule has 0 aliphatic heterocycles. The van der Waals surface area contributed by atoms with Crippen LogP contribution in [0.25, 0.3) is 10.2 Å². The Morgan fingerprint density at radius 1 is 1.20 bits per heavy atom. The number of aryl methyl sites for hydroxylation is 1. The lowest BCUT2D eigenvalue weighted by molar-refractivity contribution is -0.143. The molecule has 0 atom stereocenters. The summed E-state index contributed by atoms with van der Waals surface area (Å²) in [6, 6.07) is 7.44. The fourth-order valence-corrected chi connectivity index (χ4v) is 4.20. The molecule has 0 unspecified atom stereocenters. The van der Waals surface area contributed by atoms with E-state index in [2.05, 4.69) is 10.1 Å². The summed E-state index contributed by atoms with van der Waals surface area (Å²) in [6.07, 6.45) is 0. The number of nitrogens with zero attached hydrogens (tertiary/aromatic N) is 4. The van der Waals surface area contributed by atoms with Crippen LogP contribution in [0.1, 0.15) is 49.9 Å². The van der Waals surface area contributed by atoms with Crippen molar-refractivity contribution in [3.63, 3.8) is 0 Å². The molecule has 0 saturated heterocycles. The number of carbonyl (C=O) groups is 2. The summed E-state index contributed by atoms with van der Waals surface area (Å²) in [7, 11) is 0. The van der Waals surface area contributed by atoms with Gasteiger partial charge >= 0.3 is 5.97 Å². The van der Waals surface area contributed by atoms with Crippen LogP contribution in [-0.4, -0.2) is 39.4 Å². The standard InChI is InChI=1S/C21H26N4O4S/c1-6-28-15-8-9-17-18(11-15)30-21(24(17)12-19(26)29-7-2)22-20(27)16-10-14(5)25(23-16)13(3)4/h8-11,13H,6-7,12H2,1-5H3. The zero-order chi connectivity index (χ0) is 21.8. The first-order valence-corrected chi connectivity index (χ1v) is 10.7. The minimum absolute atomic E-state index is 0.0343. The van der Waals surface area contributed by atoms with E-state index in [9.17, 15) is 9.59 Å². The van der Waals surface area contributed by atoms with Crippen LogP contribution in [-0.2, 0) is 16.1 Å². The Kier molecular flexibility index (Phi) is 6.71. The van der Waals surface area contributed by atoms with Crippen LogP contribution in [0.15, 0.2) is 29.3 Å². The Hall–Kier alpha value is -2.94. The minimum atomic E-state index is -0.452. The number of benzene rings is 1. The lowest BCUT2D eigenvalue weighted by Gasteiger charge is -2.06. The maximum Gasteiger partial charge on any atom is 0.326 e. The highest BCUT2D eigenvalue weighted by atomic mass is 32.1. The first-order valence-electron chi connectivity index (χ1n) is 9.91. The van der Waals surface area contributed by atoms with Crippen molar-refractivity contribution in [1.82, 2.24) is 14.3 Å². The number of fused-ring (bicyclic) bond motifs is 1. The van der Waals surface area contributed by atoms with E-state index in [4.69, 9.17) is 9.47 Å². The van der Waals surface area contributed by atoms with Crippen molar-refractivity contribution in [1.29, 1.82) is 0 Å². The molecule has 0 aliphatic rings. The predicted octanol–water partition coefficient (Wildman–Crippen LogP) is 3.49. The zero-order valence-corrected chi connectivity index (χ0v) is 18.7. The van der Waals surface area contributed by atoms with Gasteiger partial charge in [0.1, 0.15) is 12.3 Å². The van der Waals surface area contributed by atoms with E-state index in [1.54, 1.807) is 22.2 Å². The van der Waals surface area contributed by atoms with Crippen molar-refractivity contribution >= 4 is 33.4 Å². The number of aromatic nitrogens is 3. The number of hydrogen-bond acceptors (Lipinski definition) is 6. The molecule has 2 aromatic heterocycles. The largest absolute Gasteiger partial charge is 0.494 e. The molecule has 8 nitrogen and oxygen atoms in total. The molecule has 0 bridgehead atoms. The summed E-state index contributed by atoms with van der Waals surface area (Å²) >= 11 is 1.32. The van der Waals surface area contributed by atoms with E-state index in [-0.39, 0.29) is 30.9 Å². The van der Waals surface area contributed by atoms with Crippen LogP contribution < -0.4 is 9.54 Å². The fraction of sp³-hybridized carbons (Fsp3) is 0.429. The number of hydrogen-bond donors (Lipinski definition) is 0. The second-order valence-corrected chi connectivity index (χ2v) is 7.97. The maximum atomic E-state index is 12.8. The van der Waals surface area contributed by atoms with Crippen LogP contribution in [0.3, 0.4) is 0 Å². The number of ether oxygens (including phenoxy) is 2. The van der Waals surface area contributed by atoms with Gasteiger partial charge in [-0.15, -0.1) is 0 Å². The van der Waals surface area contributed by atoms with Crippen molar-refractivity contribution in [2.45, 2.75) is 47.2 Å². The van der Waals surface area contributed by atoms with Crippen LogP contribution in [0.4, 0.5) is 0 Å². The number of esters is 1. The summed E-state index contributed by atoms with van der Waals surface area (Å²) in [4.78, 5) is 29.7. The molecule has 2 heterocycles. The first kappa shape index (κ1) is 21.8. The number of amides is 1. The summed E-state index contributed by atoms with van der Waals surface area (Å²) in [6.45, 7) is 10.4.